The zero-order valence-electron chi connectivity index (χ0n) is 24.6. The maximum Gasteiger partial charge on any atom is 1.00 e. The van der Waals surface area contributed by atoms with Gasteiger partial charge in [-0.05, 0) is 55.2 Å². The molecule has 268 valence electrons. The number of nitrogens with one attached hydrogen (secondary N) is 2. The van der Waals surface area contributed by atoms with E-state index in [1.807, 2.05) is 0 Å². The van der Waals surface area contributed by atoms with Crippen molar-refractivity contribution in [2.45, 2.75) is 54.9 Å². The van der Waals surface area contributed by atoms with Gasteiger partial charge in [0.05, 0.1) is 17.5 Å². The topological polar surface area (TPSA) is 239 Å². The molecule has 2 aromatic carbocycles. The smallest absolute Gasteiger partial charge is 0.425 e. The van der Waals surface area contributed by atoms with Crippen LogP contribution in [-0.2, 0) is 25.4 Å². The van der Waals surface area contributed by atoms with E-state index >= 15 is 0 Å². The van der Waals surface area contributed by atoms with E-state index in [9.17, 15) is 51.3 Å². The number of carbonyl (C=O) groups is 2. The van der Waals surface area contributed by atoms with Crippen molar-refractivity contribution in [2.75, 3.05) is 17.7 Å². The number of methoxy groups -OCH3 is 1. The predicted molar refractivity (Wildman–Crippen MR) is 136 cm³/mol. The summed E-state index contributed by atoms with van der Waals surface area (Å²) in [5.74, 6) is -0.458. The average Bonchev–Trinajstić information content (AvgIpc) is 3.79. The van der Waals surface area contributed by atoms with E-state index in [0.29, 0.717) is 12.8 Å². The van der Waals surface area contributed by atoms with Gasteiger partial charge in [-0.15, -0.1) is 0 Å². The molecular weight excluding hydrogens is 855 g/mol. The third-order valence-electron chi connectivity index (χ3n) is 7.00. The van der Waals surface area contributed by atoms with Crippen LogP contribution in [0.3, 0.4) is 0 Å². The van der Waals surface area contributed by atoms with Crippen molar-refractivity contribution in [1.82, 2.24) is 0 Å². The number of anilines is 2. The molecule has 5 N–H and O–H groups in total. The molecule has 49 heavy (non-hydrogen) atoms. The summed E-state index contributed by atoms with van der Waals surface area (Å²) in [6.07, 6.45) is -18.5. The molecule has 1 aliphatic carbocycles. The van der Waals surface area contributed by atoms with Crippen molar-refractivity contribution in [1.29, 1.82) is 0 Å². The molecule has 5 rings (SSSR count). The number of fused-ring (bicyclic) bond motifs is 2. The molecule has 2 heterocycles. The zero-order valence-corrected chi connectivity index (χ0v) is 30.3. The zero-order chi connectivity index (χ0) is 36.6. The van der Waals surface area contributed by atoms with E-state index in [1.54, 1.807) is 0 Å². The van der Waals surface area contributed by atoms with Gasteiger partial charge in [0.2, 0.25) is 6.29 Å². The standard InChI is InChI=1S/C14H13ClF3NO4.C11H9ClF3NO4.IO4.Na/c15-7-3-4-9-8(5-7)13(14(16,17)18,23-12(22)19-9)11(21)10(20)6-1-2-6;1-19-8(17)10(11(13,14)15)6-4-5(12)2-3-7(6)16-9(18)20-10;2-1(3,4)5;/h3-6,10-11,20-21H,1-2H2,(H,19,22);2-4,8,17H,1H3,(H,16,18);;/q;;-1;+1/t10?,11?,13-;8?,10-;;/m11../s1. The average molecular weight is 877 g/mol. The minimum atomic E-state index is -5.94. The molecular formula is C25H22Cl2F6IN2NaO12. The molecule has 0 spiro atoms. The molecule has 0 radical (unpaired) electrons. The van der Waals surface area contributed by atoms with Crippen molar-refractivity contribution in [3.8, 4) is 0 Å². The number of halogens is 9. The maximum absolute atomic E-state index is 13.9. The van der Waals surface area contributed by atoms with Crippen LogP contribution in [0.25, 0.3) is 0 Å². The summed E-state index contributed by atoms with van der Waals surface area (Å²) < 4.78 is 130. The van der Waals surface area contributed by atoms with Gasteiger partial charge in [-0.25, -0.2) is 9.59 Å². The normalized spacial score (nSPS) is 23.4. The molecule has 3 aliphatic rings. The molecule has 2 aromatic rings. The van der Waals surface area contributed by atoms with Crippen LogP contribution in [-0.4, -0.2) is 65.5 Å². The first kappa shape index (κ1) is 43.7. The predicted octanol–water partition coefficient (Wildman–Crippen LogP) is -5.33. The van der Waals surface area contributed by atoms with E-state index < -0.39 is 91.4 Å². The van der Waals surface area contributed by atoms with Gasteiger partial charge in [0.1, 0.15) is 26.2 Å². The molecule has 2 amide bonds. The molecule has 14 nitrogen and oxygen atoms in total. The van der Waals surface area contributed by atoms with Crippen LogP contribution in [0, 0.1) is 5.92 Å². The molecule has 3 unspecified atom stereocenters. The largest absolute Gasteiger partial charge is 1.00 e. The number of rotatable bonds is 5. The van der Waals surface area contributed by atoms with Crippen molar-refractivity contribution in [3.63, 3.8) is 0 Å². The number of alkyl halides is 6. The van der Waals surface area contributed by atoms with Crippen LogP contribution >= 0.6 is 23.2 Å². The van der Waals surface area contributed by atoms with E-state index in [1.165, 1.54) is 24.3 Å². The van der Waals surface area contributed by atoms with E-state index in [4.69, 9.17) is 36.9 Å². The second-order valence-corrected chi connectivity index (χ2v) is 13.1. The summed E-state index contributed by atoms with van der Waals surface area (Å²) in [6, 6.07) is 6.89. The monoisotopic (exact) mass is 876 g/mol. The first-order valence-corrected chi connectivity index (χ1v) is 17.1. The van der Waals surface area contributed by atoms with Crippen LogP contribution in [0.5, 0.6) is 0 Å². The summed E-state index contributed by atoms with van der Waals surface area (Å²) >= 11 is 5.51. The van der Waals surface area contributed by atoms with Gasteiger partial charge < -0.3 is 29.5 Å². The molecule has 2 aliphatic heterocycles. The minimum Gasteiger partial charge on any atom is -0.425 e. The van der Waals surface area contributed by atoms with Crippen molar-refractivity contribution >= 4 is 46.8 Å². The molecule has 0 aromatic heterocycles. The van der Waals surface area contributed by atoms with Crippen LogP contribution in [0.2, 0.25) is 10.0 Å². The Kier molecular flexibility index (Phi) is 14.3. The van der Waals surface area contributed by atoms with Gasteiger partial charge in [0, 0.05) is 28.3 Å². The Morgan fingerprint density at radius 2 is 1.20 bits per heavy atom. The summed E-state index contributed by atoms with van der Waals surface area (Å²) in [5, 5.41) is 34.1. The Morgan fingerprint density at radius 1 is 0.837 bits per heavy atom. The number of aliphatic hydroxyl groups is 3. The number of cyclic esters (lactones) is 2. The molecule has 1 saturated carbocycles. The Balaban J connectivity index is 0.000000296. The quantitative estimate of drug-likeness (QED) is 0.0820. The maximum atomic E-state index is 13.9. The fourth-order valence-electron chi connectivity index (χ4n) is 4.77. The minimum absolute atomic E-state index is 0. The summed E-state index contributed by atoms with van der Waals surface area (Å²) in [5.41, 5.74) is -8.14. The van der Waals surface area contributed by atoms with Crippen molar-refractivity contribution in [3.05, 3.63) is 57.6 Å². The number of ether oxygens (including phenoxy) is 3. The molecule has 1 fully saturated rings. The fourth-order valence-corrected chi connectivity index (χ4v) is 5.12. The Labute approximate surface area is 309 Å². The Bertz CT molecular complexity index is 1510. The second kappa shape index (κ2) is 16.1. The SMILES string of the molecule is COC(O)[C@]1(C(F)(F)F)OC(=O)Nc2ccc(Cl)cc21.O=C1Nc2ccc(Cl)cc2[C@@](C(O)C(O)C2CC2)(C(F)(F)F)O1.[Na+].[O-][I+3]([O-])([O-])[O-]. The van der Waals surface area contributed by atoms with Crippen LogP contribution in [0.15, 0.2) is 36.4 Å². The molecule has 5 atom stereocenters. The van der Waals surface area contributed by atoms with E-state index in [2.05, 4.69) is 24.8 Å². The van der Waals surface area contributed by atoms with Crippen molar-refractivity contribution < 1.29 is 129 Å². The van der Waals surface area contributed by atoms with Gasteiger partial charge in [-0.3, -0.25) is 24.4 Å². The molecule has 0 saturated heterocycles. The summed E-state index contributed by atoms with van der Waals surface area (Å²) in [6.45, 7) is 0. The van der Waals surface area contributed by atoms with Crippen LogP contribution in [0.1, 0.15) is 24.0 Å². The first-order valence-electron chi connectivity index (χ1n) is 12.8. The Hall–Kier alpha value is -1.45. The number of aliphatic hydroxyl groups excluding tert-OH is 3. The number of carbonyl (C=O) groups excluding carboxylic acids is 2. The van der Waals surface area contributed by atoms with Gasteiger partial charge in [0.25, 0.3) is 11.2 Å². The van der Waals surface area contributed by atoms with Crippen molar-refractivity contribution in [2.24, 2.45) is 5.92 Å². The number of hydrogen-bond acceptors (Lipinski definition) is 12. The number of benzene rings is 2. The van der Waals surface area contributed by atoms with Gasteiger partial charge in [-0.2, -0.15) is 26.3 Å². The van der Waals surface area contributed by atoms with Gasteiger partial charge >= 0.3 is 54.1 Å². The number of hydrogen-bond donors (Lipinski definition) is 5. The second-order valence-electron chi connectivity index (χ2n) is 10.1. The van der Waals surface area contributed by atoms with Crippen LogP contribution < -0.4 is 74.0 Å². The first-order chi connectivity index (χ1) is 21.9. The third-order valence-corrected chi connectivity index (χ3v) is 7.47. The van der Waals surface area contributed by atoms with Gasteiger partial charge in [0.15, 0.2) is 0 Å². The Morgan fingerprint density at radius 3 is 1.55 bits per heavy atom. The van der Waals surface area contributed by atoms with E-state index in [0.717, 1.165) is 19.2 Å². The third kappa shape index (κ3) is 9.71. The summed E-state index contributed by atoms with van der Waals surface area (Å²) in [7, 11) is 0.859. The summed E-state index contributed by atoms with van der Waals surface area (Å²) in [4.78, 5) is 23.0. The molecule has 24 heteroatoms. The molecule has 0 bridgehead atoms. The van der Waals surface area contributed by atoms with Crippen LogP contribution in [0.4, 0.5) is 47.3 Å². The number of amides is 2. The van der Waals surface area contributed by atoms with E-state index in [-0.39, 0.29) is 51.0 Å². The van der Waals surface area contributed by atoms with Gasteiger partial charge in [-0.1, -0.05) is 23.2 Å². The fraction of sp³-hybridized carbons (Fsp3) is 0.440.